The van der Waals surface area contributed by atoms with Gasteiger partial charge in [0, 0.05) is 12.2 Å². The maximum Gasteiger partial charge on any atom is 0.344 e. The van der Waals surface area contributed by atoms with Crippen molar-refractivity contribution in [3.8, 4) is 0 Å². The van der Waals surface area contributed by atoms with Crippen molar-refractivity contribution in [1.29, 1.82) is 0 Å². The van der Waals surface area contributed by atoms with Crippen LogP contribution in [0.15, 0.2) is 0 Å². The lowest BCUT2D eigenvalue weighted by Crippen LogP contribution is -2.62. The van der Waals surface area contributed by atoms with Crippen molar-refractivity contribution >= 4 is 23.7 Å². The van der Waals surface area contributed by atoms with Gasteiger partial charge in [0.05, 0.1) is 6.42 Å². The number of carbonyl (C=O) groups is 2. The average molecular weight is 447 g/mol. The van der Waals surface area contributed by atoms with Crippen molar-refractivity contribution in [2.75, 3.05) is 11.5 Å². The molecule has 0 aromatic carbocycles. The molecular weight excluding hydrogens is 404 g/mol. The maximum absolute atomic E-state index is 12.7. The van der Waals surface area contributed by atoms with E-state index in [1.54, 1.807) is 11.8 Å². The second-order valence-corrected chi connectivity index (χ2v) is 10.0. The molecule has 0 radical (unpaired) electrons. The lowest BCUT2D eigenvalue weighted by Gasteiger charge is -2.44. The lowest BCUT2D eigenvalue weighted by atomic mass is 9.89. The van der Waals surface area contributed by atoms with Crippen LogP contribution in [0.2, 0.25) is 0 Å². The zero-order valence-electron chi connectivity index (χ0n) is 19.8. The first-order chi connectivity index (χ1) is 14.2. The molecule has 6 nitrogen and oxygen atoms in total. The smallest absolute Gasteiger partial charge is 0.344 e. The van der Waals surface area contributed by atoms with E-state index in [4.69, 9.17) is 19.2 Å². The van der Waals surface area contributed by atoms with Crippen LogP contribution < -0.4 is 0 Å². The summed E-state index contributed by atoms with van der Waals surface area (Å²) in [6.07, 6.45) is 7.28. The SMILES string of the molecule is CCCCCCSCCC(=O)OC(C)(C)CC(C)OC(=O)C1(CC)OOC1CCC. The third kappa shape index (κ3) is 8.75. The van der Waals surface area contributed by atoms with Crippen LogP contribution in [-0.4, -0.2) is 46.9 Å². The van der Waals surface area contributed by atoms with Crippen LogP contribution >= 0.6 is 11.8 Å². The Labute approximate surface area is 187 Å². The fraction of sp³-hybridized carbons (Fsp3) is 0.913. The second-order valence-electron chi connectivity index (χ2n) is 8.78. The number of rotatable bonds is 16. The zero-order valence-corrected chi connectivity index (χ0v) is 20.6. The molecule has 0 aromatic heterocycles. The van der Waals surface area contributed by atoms with E-state index >= 15 is 0 Å². The third-order valence-electron chi connectivity index (χ3n) is 5.32. The average Bonchev–Trinajstić information content (AvgIpc) is 2.64. The highest BCUT2D eigenvalue weighted by molar-refractivity contribution is 7.99. The molecule has 0 N–H and O–H groups in total. The molecule has 0 aliphatic carbocycles. The highest BCUT2D eigenvalue weighted by Gasteiger charge is 2.57. The number of ether oxygens (including phenoxy) is 2. The molecule has 1 heterocycles. The predicted octanol–water partition coefficient (Wildman–Crippen LogP) is 5.61. The van der Waals surface area contributed by atoms with E-state index < -0.39 is 23.3 Å². The van der Waals surface area contributed by atoms with Gasteiger partial charge in [0.1, 0.15) is 17.8 Å². The molecule has 176 valence electrons. The van der Waals surface area contributed by atoms with Crippen LogP contribution in [-0.2, 0) is 28.8 Å². The Hall–Kier alpha value is -0.790. The van der Waals surface area contributed by atoms with Crippen LogP contribution in [0.3, 0.4) is 0 Å². The topological polar surface area (TPSA) is 71.1 Å². The minimum Gasteiger partial charge on any atom is -0.460 e. The quantitative estimate of drug-likeness (QED) is 0.173. The molecule has 1 fully saturated rings. The van der Waals surface area contributed by atoms with E-state index in [-0.39, 0.29) is 12.1 Å². The molecule has 1 saturated heterocycles. The van der Waals surface area contributed by atoms with E-state index in [9.17, 15) is 9.59 Å². The molecule has 0 amide bonds. The summed E-state index contributed by atoms with van der Waals surface area (Å²) in [5.74, 6) is 1.26. The summed E-state index contributed by atoms with van der Waals surface area (Å²) in [6.45, 7) is 11.7. The van der Waals surface area contributed by atoms with Gasteiger partial charge < -0.3 is 9.47 Å². The van der Waals surface area contributed by atoms with Gasteiger partial charge in [-0.25, -0.2) is 14.6 Å². The van der Waals surface area contributed by atoms with E-state index in [2.05, 4.69) is 6.92 Å². The fourth-order valence-electron chi connectivity index (χ4n) is 3.68. The van der Waals surface area contributed by atoms with Crippen LogP contribution in [0, 0.1) is 0 Å². The van der Waals surface area contributed by atoms with Crippen LogP contribution in [0.4, 0.5) is 0 Å². The number of unbranched alkanes of at least 4 members (excludes halogenated alkanes) is 3. The second kappa shape index (κ2) is 13.6. The fourth-order valence-corrected chi connectivity index (χ4v) is 4.60. The van der Waals surface area contributed by atoms with Crippen LogP contribution in [0.5, 0.6) is 0 Å². The van der Waals surface area contributed by atoms with Crippen molar-refractivity contribution in [3.63, 3.8) is 0 Å². The van der Waals surface area contributed by atoms with Gasteiger partial charge >= 0.3 is 11.9 Å². The molecule has 3 atom stereocenters. The summed E-state index contributed by atoms with van der Waals surface area (Å²) in [6, 6.07) is 0. The van der Waals surface area contributed by atoms with Crippen molar-refractivity contribution < 1.29 is 28.8 Å². The summed E-state index contributed by atoms with van der Waals surface area (Å²) in [5, 5.41) is 0. The van der Waals surface area contributed by atoms with Gasteiger partial charge in [0.2, 0.25) is 5.60 Å². The molecule has 0 spiro atoms. The largest absolute Gasteiger partial charge is 0.460 e. The van der Waals surface area contributed by atoms with Crippen molar-refractivity contribution in [2.24, 2.45) is 0 Å². The minimum atomic E-state index is -1.01. The molecular formula is C23H42O6S. The lowest BCUT2D eigenvalue weighted by molar-refractivity contribution is -0.498. The Kier molecular flexibility index (Phi) is 12.3. The molecule has 0 saturated carbocycles. The van der Waals surface area contributed by atoms with Gasteiger partial charge in [-0.1, -0.05) is 46.5 Å². The number of esters is 2. The molecule has 1 aliphatic rings. The van der Waals surface area contributed by atoms with Gasteiger partial charge in [0.25, 0.3) is 0 Å². The summed E-state index contributed by atoms with van der Waals surface area (Å²) in [7, 11) is 0. The Morgan fingerprint density at radius 2 is 1.83 bits per heavy atom. The van der Waals surface area contributed by atoms with Crippen molar-refractivity contribution in [1.82, 2.24) is 0 Å². The predicted molar refractivity (Wildman–Crippen MR) is 120 cm³/mol. The first-order valence-electron chi connectivity index (χ1n) is 11.6. The Morgan fingerprint density at radius 3 is 2.40 bits per heavy atom. The molecule has 1 rings (SSSR count). The Bertz CT molecular complexity index is 520. The van der Waals surface area contributed by atoms with Crippen molar-refractivity contribution in [3.05, 3.63) is 0 Å². The molecule has 0 aromatic rings. The summed E-state index contributed by atoms with van der Waals surface area (Å²) in [4.78, 5) is 35.3. The zero-order chi connectivity index (χ0) is 22.6. The van der Waals surface area contributed by atoms with Gasteiger partial charge in [-0.2, -0.15) is 11.8 Å². The molecule has 7 heteroatoms. The molecule has 1 aliphatic heterocycles. The van der Waals surface area contributed by atoms with Crippen LogP contribution in [0.25, 0.3) is 0 Å². The summed E-state index contributed by atoms with van der Waals surface area (Å²) >= 11 is 1.80. The first kappa shape index (κ1) is 27.2. The van der Waals surface area contributed by atoms with Crippen LogP contribution in [0.1, 0.15) is 99.3 Å². The number of hydrogen-bond acceptors (Lipinski definition) is 7. The molecule has 3 unspecified atom stereocenters. The molecule has 0 bridgehead atoms. The van der Waals surface area contributed by atoms with E-state index in [0.717, 1.165) is 24.3 Å². The Morgan fingerprint density at radius 1 is 1.10 bits per heavy atom. The number of carbonyl (C=O) groups excluding carboxylic acids is 2. The van der Waals surface area contributed by atoms with Gasteiger partial charge in [0.15, 0.2) is 0 Å². The number of hydrogen-bond donors (Lipinski definition) is 0. The summed E-state index contributed by atoms with van der Waals surface area (Å²) in [5.41, 5.74) is -1.72. The monoisotopic (exact) mass is 446 g/mol. The van der Waals surface area contributed by atoms with Gasteiger partial charge in [-0.3, -0.25) is 4.79 Å². The maximum atomic E-state index is 12.7. The third-order valence-corrected chi connectivity index (χ3v) is 6.39. The Balaban J connectivity index is 2.36. The number of thioether (sulfide) groups is 1. The van der Waals surface area contributed by atoms with Crippen molar-refractivity contribution in [2.45, 2.75) is 123 Å². The molecule has 30 heavy (non-hydrogen) atoms. The minimum absolute atomic E-state index is 0.205. The van der Waals surface area contributed by atoms with Gasteiger partial charge in [-0.15, -0.1) is 0 Å². The highest BCUT2D eigenvalue weighted by Crippen LogP contribution is 2.38. The normalized spacial score (nSPS) is 22.3. The highest BCUT2D eigenvalue weighted by atomic mass is 32.2. The standard InChI is InChI=1S/C23H42O6S/c1-7-10-11-12-15-30-16-14-20(24)27-22(5,6)17-18(4)26-21(25)23(9-3)19(13-8-2)28-29-23/h18-19H,7-17H2,1-6H3. The van der Waals surface area contributed by atoms with E-state index in [1.165, 1.54) is 25.7 Å². The van der Waals surface area contributed by atoms with E-state index in [1.807, 2.05) is 34.6 Å². The van der Waals surface area contributed by atoms with E-state index in [0.29, 0.717) is 19.3 Å². The van der Waals surface area contributed by atoms with Gasteiger partial charge in [-0.05, 0) is 45.8 Å². The summed E-state index contributed by atoms with van der Waals surface area (Å²) < 4.78 is 11.3. The first-order valence-corrected chi connectivity index (χ1v) is 12.7.